The Kier molecular flexibility index (Phi) is 8.58. The number of aromatic nitrogens is 2. The molecule has 0 aliphatic heterocycles. The van der Waals surface area contributed by atoms with Gasteiger partial charge in [0.1, 0.15) is 5.58 Å². The van der Waals surface area contributed by atoms with Gasteiger partial charge in [-0.1, -0.05) is 102 Å². The number of pyridine rings is 2. The Morgan fingerprint density at radius 2 is 1.27 bits per heavy atom. The topological polar surface area (TPSA) is 38.9 Å². The SMILES string of the molecule is [2H]C([2H])(c1ccccc1)c1ccc2oc3c(-c4ccccn4)[c-]ccc3c2c1.[Ir].[c-]1ccc(-c2ccccc2)cc1-c1ccccn1. The molecule has 0 saturated carbocycles. The molecule has 45 heavy (non-hydrogen) atoms. The summed E-state index contributed by atoms with van der Waals surface area (Å²) in [5.74, 6) is 0. The number of rotatable bonds is 5. The minimum atomic E-state index is -1.59. The quantitative estimate of drug-likeness (QED) is 0.164. The van der Waals surface area contributed by atoms with Crippen LogP contribution in [-0.2, 0) is 26.5 Å². The normalized spacial score (nSPS) is 11.6. The fourth-order valence-corrected chi connectivity index (χ4v) is 5.16. The van der Waals surface area contributed by atoms with Crippen molar-refractivity contribution in [3.8, 4) is 33.6 Å². The molecule has 4 heteroatoms. The van der Waals surface area contributed by atoms with Crippen molar-refractivity contribution in [1.82, 2.24) is 9.97 Å². The first kappa shape index (κ1) is 27.4. The maximum Gasteiger partial charge on any atom is 0.120 e. The minimum absolute atomic E-state index is 0. The van der Waals surface area contributed by atoms with Crippen LogP contribution in [0, 0.1) is 12.1 Å². The molecule has 1 radical (unpaired) electrons. The van der Waals surface area contributed by atoms with E-state index < -0.39 is 6.37 Å². The van der Waals surface area contributed by atoms with Crippen molar-refractivity contribution in [2.75, 3.05) is 0 Å². The summed E-state index contributed by atoms with van der Waals surface area (Å²) in [6.45, 7) is 0. The molecule has 0 fully saturated rings. The monoisotopic (exact) mass is 759 g/mol. The summed E-state index contributed by atoms with van der Waals surface area (Å²) in [4.78, 5) is 8.77. The molecular formula is C41H28IrN2O-2. The Labute approximate surface area is 279 Å². The summed E-state index contributed by atoms with van der Waals surface area (Å²) in [6, 6.07) is 53.2. The molecule has 0 aliphatic rings. The Bertz CT molecular complexity index is 2170. The second kappa shape index (κ2) is 14.1. The van der Waals surface area contributed by atoms with Crippen LogP contribution in [0.25, 0.3) is 55.6 Å². The molecule has 0 saturated heterocycles. The number of furan rings is 1. The molecule has 3 nitrogen and oxygen atoms in total. The largest absolute Gasteiger partial charge is 0.501 e. The van der Waals surface area contributed by atoms with E-state index in [0.717, 1.165) is 38.9 Å². The predicted molar refractivity (Wildman–Crippen MR) is 179 cm³/mol. The number of benzene rings is 5. The standard InChI is InChI=1S/C24H16NO.C17H12N.Ir/c1-2-7-17(8-3-1)15-18-12-13-23-21(16-18)19-9-6-10-20(24(19)26-23)22-11-4-5-14-25-22;1-2-7-14(8-3-1)15-9-6-10-16(13-15)17-11-4-5-12-18-17;/h1-9,11-14,16H,15H2;1-9,11-13H;/q2*-1;/i15D2;;. The second-order valence-corrected chi connectivity index (χ2v) is 10.2. The van der Waals surface area contributed by atoms with Crippen molar-refractivity contribution in [2.24, 2.45) is 0 Å². The van der Waals surface area contributed by atoms with Crippen LogP contribution in [0.5, 0.6) is 0 Å². The Morgan fingerprint density at radius 1 is 0.578 bits per heavy atom. The fraction of sp³-hybridized carbons (Fsp3) is 0.0244. The number of nitrogens with zero attached hydrogens (tertiary/aromatic N) is 2. The molecule has 219 valence electrons. The first-order valence-corrected chi connectivity index (χ1v) is 14.4. The average Bonchev–Trinajstić information content (AvgIpc) is 3.52. The average molecular weight is 759 g/mol. The van der Waals surface area contributed by atoms with E-state index in [1.54, 1.807) is 18.5 Å². The van der Waals surface area contributed by atoms with Crippen LogP contribution in [0.15, 0.2) is 162 Å². The maximum absolute atomic E-state index is 8.64. The second-order valence-electron chi connectivity index (χ2n) is 10.2. The third-order valence-corrected chi connectivity index (χ3v) is 7.26. The van der Waals surface area contributed by atoms with E-state index >= 15 is 0 Å². The first-order valence-electron chi connectivity index (χ1n) is 15.4. The molecular weight excluding hydrogens is 729 g/mol. The third kappa shape index (κ3) is 6.84. The van der Waals surface area contributed by atoms with E-state index in [-0.39, 0.29) is 20.1 Å². The van der Waals surface area contributed by atoms with Crippen molar-refractivity contribution in [1.29, 1.82) is 0 Å². The van der Waals surface area contributed by atoms with Crippen LogP contribution < -0.4 is 0 Å². The Hall–Kier alpha value is -5.15. The molecule has 0 spiro atoms. The van der Waals surface area contributed by atoms with Crippen LogP contribution in [0.1, 0.15) is 13.9 Å². The number of hydrogen-bond donors (Lipinski definition) is 0. The summed E-state index contributed by atoms with van der Waals surface area (Å²) in [7, 11) is 0. The first-order chi connectivity index (χ1) is 22.6. The zero-order valence-electron chi connectivity index (χ0n) is 26.1. The van der Waals surface area contributed by atoms with Crippen LogP contribution in [0.4, 0.5) is 0 Å². The molecule has 0 amide bonds. The molecule has 3 heterocycles. The van der Waals surface area contributed by atoms with E-state index in [1.807, 2.05) is 115 Å². The zero-order chi connectivity index (χ0) is 31.3. The van der Waals surface area contributed by atoms with Gasteiger partial charge in [0.05, 0.1) is 5.58 Å². The van der Waals surface area contributed by atoms with E-state index in [9.17, 15) is 0 Å². The van der Waals surface area contributed by atoms with Gasteiger partial charge in [-0.3, -0.25) is 0 Å². The summed E-state index contributed by atoms with van der Waals surface area (Å²) in [6.07, 6.45) is 1.96. The molecule has 3 aromatic heterocycles. The minimum Gasteiger partial charge on any atom is -0.501 e. The van der Waals surface area contributed by atoms with Gasteiger partial charge in [0.15, 0.2) is 0 Å². The van der Waals surface area contributed by atoms with Crippen LogP contribution >= 0.6 is 0 Å². The predicted octanol–water partition coefficient (Wildman–Crippen LogP) is 10.3. The number of hydrogen-bond acceptors (Lipinski definition) is 3. The van der Waals surface area contributed by atoms with Gasteiger partial charge < -0.3 is 14.4 Å². The zero-order valence-corrected chi connectivity index (χ0v) is 26.5. The van der Waals surface area contributed by atoms with Crippen LogP contribution in [0.3, 0.4) is 0 Å². The maximum atomic E-state index is 8.64. The molecule has 0 bridgehead atoms. The molecule has 0 N–H and O–H groups in total. The van der Waals surface area contributed by atoms with E-state index in [0.29, 0.717) is 16.7 Å². The van der Waals surface area contributed by atoms with E-state index in [1.165, 1.54) is 11.1 Å². The van der Waals surface area contributed by atoms with Gasteiger partial charge in [-0.05, 0) is 58.7 Å². The van der Waals surface area contributed by atoms with Gasteiger partial charge in [-0.25, -0.2) is 0 Å². The molecule has 0 unspecified atom stereocenters. The van der Waals surface area contributed by atoms with E-state index in [4.69, 9.17) is 7.16 Å². The fourth-order valence-electron chi connectivity index (χ4n) is 5.16. The van der Waals surface area contributed by atoms with Crippen molar-refractivity contribution in [3.05, 3.63) is 181 Å². The molecule has 5 aromatic carbocycles. The van der Waals surface area contributed by atoms with Gasteiger partial charge in [-0.15, -0.1) is 53.6 Å². The summed E-state index contributed by atoms with van der Waals surface area (Å²) in [5.41, 5.74) is 8.65. The van der Waals surface area contributed by atoms with Crippen molar-refractivity contribution >= 4 is 21.9 Å². The summed E-state index contributed by atoms with van der Waals surface area (Å²) >= 11 is 0. The molecule has 8 aromatic rings. The van der Waals surface area contributed by atoms with Crippen LogP contribution in [-0.4, -0.2) is 9.97 Å². The van der Waals surface area contributed by atoms with Gasteiger partial charge in [0.2, 0.25) is 0 Å². The summed E-state index contributed by atoms with van der Waals surface area (Å²) in [5, 5.41) is 1.82. The van der Waals surface area contributed by atoms with Crippen molar-refractivity contribution < 1.29 is 27.3 Å². The van der Waals surface area contributed by atoms with Crippen LogP contribution in [0.2, 0.25) is 0 Å². The van der Waals surface area contributed by atoms with E-state index in [2.05, 4.69) is 46.4 Å². The van der Waals surface area contributed by atoms with Gasteiger partial charge in [0.25, 0.3) is 0 Å². The smallest absolute Gasteiger partial charge is 0.120 e. The van der Waals surface area contributed by atoms with Gasteiger partial charge in [-0.2, -0.15) is 0 Å². The Morgan fingerprint density at radius 3 is 2.00 bits per heavy atom. The molecule has 0 atom stereocenters. The van der Waals surface area contributed by atoms with Crippen molar-refractivity contribution in [3.63, 3.8) is 0 Å². The van der Waals surface area contributed by atoms with Gasteiger partial charge >= 0.3 is 0 Å². The van der Waals surface area contributed by atoms with Crippen molar-refractivity contribution in [2.45, 2.75) is 6.37 Å². The molecule has 0 aliphatic carbocycles. The molecule has 8 rings (SSSR count). The summed E-state index contributed by atoms with van der Waals surface area (Å²) < 4.78 is 23.4. The number of fused-ring (bicyclic) bond motifs is 3. The third-order valence-electron chi connectivity index (χ3n) is 7.26. The van der Waals surface area contributed by atoms with Gasteiger partial charge in [0, 0.05) is 40.6 Å². The Balaban J connectivity index is 0.000000176.